The van der Waals surface area contributed by atoms with Crippen molar-refractivity contribution in [2.45, 2.75) is 33.2 Å². The summed E-state index contributed by atoms with van der Waals surface area (Å²) in [5, 5.41) is 3.40. The fourth-order valence-electron chi connectivity index (χ4n) is 1.80. The average Bonchev–Trinajstić information content (AvgIpc) is 2.19. The van der Waals surface area contributed by atoms with Crippen LogP contribution in [0.2, 0.25) is 0 Å². The van der Waals surface area contributed by atoms with Crippen molar-refractivity contribution in [3.8, 4) is 0 Å². The summed E-state index contributed by atoms with van der Waals surface area (Å²) < 4.78 is 22.3. The number of nitrogens with one attached hydrogen (secondary N) is 1. The predicted octanol–water partition coefficient (Wildman–Crippen LogP) is 0.987. The topological polar surface area (TPSA) is 49.4 Å². The quantitative estimate of drug-likeness (QED) is 0.631. The zero-order valence-corrected chi connectivity index (χ0v) is 12.7. The summed E-state index contributed by atoms with van der Waals surface area (Å²) in [6, 6.07) is 0.392. The first-order valence-electron chi connectivity index (χ1n) is 6.36. The maximum atomic E-state index is 11.1. The van der Waals surface area contributed by atoms with Crippen LogP contribution in [0.1, 0.15) is 27.2 Å². The van der Waals surface area contributed by atoms with Gasteiger partial charge in [-0.2, -0.15) is 0 Å². The van der Waals surface area contributed by atoms with Gasteiger partial charge in [0.05, 0.1) is 5.75 Å². The normalized spacial score (nSPS) is 14.5. The lowest BCUT2D eigenvalue weighted by Gasteiger charge is -2.31. The van der Waals surface area contributed by atoms with Crippen molar-refractivity contribution in [2.75, 3.05) is 38.7 Å². The Hall–Kier alpha value is -0.130. The van der Waals surface area contributed by atoms with E-state index in [9.17, 15) is 8.42 Å². The van der Waals surface area contributed by atoms with E-state index in [1.807, 2.05) is 7.05 Å². The molecule has 0 aromatic heterocycles. The predicted molar refractivity (Wildman–Crippen MR) is 74.1 cm³/mol. The molecule has 5 heteroatoms. The van der Waals surface area contributed by atoms with Gasteiger partial charge in [0.2, 0.25) is 0 Å². The van der Waals surface area contributed by atoms with Crippen LogP contribution >= 0.6 is 0 Å². The van der Waals surface area contributed by atoms with Crippen LogP contribution < -0.4 is 5.32 Å². The molecule has 0 aliphatic rings. The van der Waals surface area contributed by atoms with Gasteiger partial charge >= 0.3 is 0 Å². The molecule has 1 N–H and O–H groups in total. The van der Waals surface area contributed by atoms with Crippen molar-refractivity contribution in [3.63, 3.8) is 0 Å². The third kappa shape index (κ3) is 8.57. The molecule has 1 atom stereocenters. The van der Waals surface area contributed by atoms with E-state index in [4.69, 9.17) is 0 Å². The second-order valence-corrected chi connectivity index (χ2v) is 7.39. The van der Waals surface area contributed by atoms with Crippen molar-refractivity contribution in [2.24, 2.45) is 5.92 Å². The van der Waals surface area contributed by atoms with Gasteiger partial charge in [0.15, 0.2) is 0 Å². The summed E-state index contributed by atoms with van der Waals surface area (Å²) in [6.45, 7) is 9.04. The minimum Gasteiger partial charge on any atom is -0.315 e. The van der Waals surface area contributed by atoms with Crippen LogP contribution in [0.5, 0.6) is 0 Å². The Labute approximate surface area is 107 Å². The lowest BCUT2D eigenvalue weighted by atomic mass is 10.0. The van der Waals surface area contributed by atoms with Crippen LogP contribution in [0.25, 0.3) is 0 Å². The average molecular weight is 264 g/mol. The van der Waals surface area contributed by atoms with Crippen molar-refractivity contribution in [1.29, 1.82) is 0 Å². The molecule has 104 valence electrons. The maximum Gasteiger partial charge on any atom is 0.148 e. The van der Waals surface area contributed by atoms with Crippen molar-refractivity contribution >= 4 is 9.84 Å². The first kappa shape index (κ1) is 16.9. The molecule has 0 aliphatic carbocycles. The molecule has 0 spiro atoms. The molecule has 0 heterocycles. The van der Waals surface area contributed by atoms with E-state index < -0.39 is 9.84 Å². The molecular formula is C12H28N2O2S. The third-order valence-corrected chi connectivity index (χ3v) is 3.85. The number of rotatable bonds is 9. The van der Waals surface area contributed by atoms with Gasteiger partial charge in [-0.1, -0.05) is 20.8 Å². The van der Waals surface area contributed by atoms with Gasteiger partial charge in [-0.15, -0.1) is 0 Å². The van der Waals surface area contributed by atoms with Crippen LogP contribution in [0.4, 0.5) is 0 Å². The smallest absolute Gasteiger partial charge is 0.148 e. The SMILES string of the molecule is CCCNCC(C(C)C)N(C)CCS(C)(=O)=O. The molecule has 0 bridgehead atoms. The number of hydrogen-bond acceptors (Lipinski definition) is 4. The minimum atomic E-state index is -2.87. The Kier molecular flexibility index (Phi) is 8.00. The van der Waals surface area contributed by atoms with Gasteiger partial charge < -0.3 is 10.2 Å². The van der Waals surface area contributed by atoms with Crippen LogP contribution in [-0.4, -0.2) is 58.1 Å². The Balaban J connectivity index is 4.19. The molecule has 0 aliphatic heterocycles. The van der Waals surface area contributed by atoms with Gasteiger partial charge in [0.25, 0.3) is 0 Å². The van der Waals surface area contributed by atoms with E-state index >= 15 is 0 Å². The lowest BCUT2D eigenvalue weighted by Crippen LogP contribution is -2.45. The van der Waals surface area contributed by atoms with E-state index in [2.05, 4.69) is 31.0 Å². The lowest BCUT2D eigenvalue weighted by molar-refractivity contribution is 0.196. The zero-order valence-electron chi connectivity index (χ0n) is 11.9. The maximum absolute atomic E-state index is 11.1. The number of likely N-dealkylation sites (N-methyl/N-ethyl adjacent to an activating group) is 1. The summed E-state index contributed by atoms with van der Waals surface area (Å²) >= 11 is 0. The summed E-state index contributed by atoms with van der Waals surface area (Å²) in [5.41, 5.74) is 0. The summed E-state index contributed by atoms with van der Waals surface area (Å²) in [5.74, 6) is 0.754. The van der Waals surface area contributed by atoms with Gasteiger partial charge in [0.1, 0.15) is 9.84 Å². The number of sulfone groups is 1. The van der Waals surface area contributed by atoms with E-state index in [0.29, 0.717) is 18.5 Å². The standard InChI is InChI=1S/C12H28N2O2S/c1-6-7-13-10-12(11(2)3)14(4)8-9-17(5,15)16/h11-13H,6-10H2,1-5H3. The summed E-state index contributed by atoms with van der Waals surface area (Å²) in [6.07, 6.45) is 2.42. The minimum absolute atomic E-state index is 0.237. The molecule has 0 aromatic rings. The molecule has 0 amide bonds. The van der Waals surface area contributed by atoms with E-state index in [-0.39, 0.29) is 5.75 Å². The van der Waals surface area contributed by atoms with Crippen LogP contribution in [-0.2, 0) is 9.84 Å². The van der Waals surface area contributed by atoms with Crippen molar-refractivity contribution < 1.29 is 8.42 Å². The van der Waals surface area contributed by atoms with Gasteiger partial charge in [-0.3, -0.25) is 0 Å². The van der Waals surface area contributed by atoms with E-state index in [1.54, 1.807) is 0 Å². The Morgan fingerprint density at radius 1 is 1.29 bits per heavy atom. The highest BCUT2D eigenvalue weighted by Crippen LogP contribution is 2.08. The largest absolute Gasteiger partial charge is 0.315 e. The fraction of sp³-hybridized carbons (Fsp3) is 1.00. The second-order valence-electron chi connectivity index (χ2n) is 5.13. The van der Waals surface area contributed by atoms with Crippen LogP contribution in [0, 0.1) is 5.92 Å². The number of hydrogen-bond donors (Lipinski definition) is 1. The summed E-state index contributed by atoms with van der Waals surface area (Å²) in [4.78, 5) is 2.15. The molecule has 0 saturated heterocycles. The molecule has 0 radical (unpaired) electrons. The Morgan fingerprint density at radius 2 is 1.88 bits per heavy atom. The zero-order chi connectivity index (χ0) is 13.5. The molecule has 4 nitrogen and oxygen atoms in total. The van der Waals surface area contributed by atoms with Crippen LogP contribution in [0.15, 0.2) is 0 Å². The number of nitrogens with zero attached hydrogens (tertiary/aromatic N) is 1. The highest BCUT2D eigenvalue weighted by Gasteiger charge is 2.19. The van der Waals surface area contributed by atoms with E-state index in [1.165, 1.54) is 6.26 Å². The van der Waals surface area contributed by atoms with Gasteiger partial charge in [0, 0.05) is 25.4 Å². The molecule has 1 unspecified atom stereocenters. The highest BCUT2D eigenvalue weighted by atomic mass is 32.2. The Morgan fingerprint density at radius 3 is 2.29 bits per heavy atom. The first-order valence-corrected chi connectivity index (χ1v) is 8.42. The molecular weight excluding hydrogens is 236 g/mol. The second kappa shape index (κ2) is 8.06. The van der Waals surface area contributed by atoms with Crippen molar-refractivity contribution in [1.82, 2.24) is 10.2 Å². The molecule has 0 fully saturated rings. The highest BCUT2D eigenvalue weighted by molar-refractivity contribution is 7.90. The van der Waals surface area contributed by atoms with E-state index in [0.717, 1.165) is 19.5 Å². The molecule has 0 aromatic carbocycles. The molecule has 17 heavy (non-hydrogen) atoms. The Bertz CT molecular complexity index is 289. The van der Waals surface area contributed by atoms with Gasteiger partial charge in [-0.25, -0.2) is 8.42 Å². The summed E-state index contributed by atoms with van der Waals surface area (Å²) in [7, 11) is -0.862. The molecule has 0 rings (SSSR count). The third-order valence-electron chi connectivity index (χ3n) is 2.93. The monoisotopic (exact) mass is 264 g/mol. The fourth-order valence-corrected chi connectivity index (χ4v) is 2.42. The van der Waals surface area contributed by atoms with Gasteiger partial charge in [-0.05, 0) is 25.9 Å². The van der Waals surface area contributed by atoms with Crippen LogP contribution in [0.3, 0.4) is 0 Å². The van der Waals surface area contributed by atoms with Crippen molar-refractivity contribution in [3.05, 3.63) is 0 Å². The molecule has 0 saturated carbocycles. The first-order chi connectivity index (χ1) is 7.78.